The van der Waals surface area contributed by atoms with Crippen LogP contribution >= 0.6 is 11.6 Å². The molecule has 20 heavy (non-hydrogen) atoms. The van der Waals surface area contributed by atoms with Gasteiger partial charge in [-0.2, -0.15) is 0 Å². The summed E-state index contributed by atoms with van der Waals surface area (Å²) in [6.07, 6.45) is 2.95. The third kappa shape index (κ3) is 2.50. The zero-order valence-electron chi connectivity index (χ0n) is 11.3. The highest BCUT2D eigenvalue weighted by Crippen LogP contribution is 2.39. The van der Waals surface area contributed by atoms with Crippen LogP contribution in [0.25, 0.3) is 0 Å². The Balaban J connectivity index is 1.58. The van der Waals surface area contributed by atoms with Crippen LogP contribution in [0.15, 0.2) is 24.3 Å². The summed E-state index contributed by atoms with van der Waals surface area (Å²) in [5.41, 5.74) is 0.0270. The molecule has 1 spiro atoms. The summed E-state index contributed by atoms with van der Waals surface area (Å²) in [7, 11) is 0. The second-order valence-electron chi connectivity index (χ2n) is 5.35. The Morgan fingerprint density at radius 1 is 1.30 bits per heavy atom. The van der Waals surface area contributed by atoms with Crippen LogP contribution in [0.3, 0.4) is 0 Å². The van der Waals surface area contributed by atoms with Crippen LogP contribution < -0.4 is 4.74 Å². The van der Waals surface area contributed by atoms with Crippen LogP contribution in [-0.4, -0.2) is 42.7 Å². The summed E-state index contributed by atoms with van der Waals surface area (Å²) in [6, 6.07) is 7.21. The molecule has 0 bridgehead atoms. The Morgan fingerprint density at radius 3 is 2.70 bits per heavy atom. The number of benzene rings is 1. The van der Waals surface area contributed by atoms with E-state index in [0.29, 0.717) is 10.8 Å². The van der Waals surface area contributed by atoms with Gasteiger partial charge in [0, 0.05) is 25.3 Å². The van der Waals surface area contributed by atoms with Crippen molar-refractivity contribution < 1.29 is 14.3 Å². The van der Waals surface area contributed by atoms with Crippen molar-refractivity contribution >= 4 is 17.5 Å². The first kappa shape index (κ1) is 13.7. The molecule has 4 nitrogen and oxygen atoms in total. The van der Waals surface area contributed by atoms with E-state index in [-0.39, 0.29) is 18.1 Å². The first-order chi connectivity index (χ1) is 9.71. The Labute approximate surface area is 123 Å². The van der Waals surface area contributed by atoms with Gasteiger partial charge in [0.25, 0.3) is 5.91 Å². The van der Waals surface area contributed by atoms with Crippen LogP contribution in [0.5, 0.6) is 5.75 Å². The van der Waals surface area contributed by atoms with Crippen molar-refractivity contribution in [1.29, 1.82) is 0 Å². The SMILES string of the molecule is O=C(COc1ccccc1Cl)N1CCC12CCOCC2. The normalized spacial score (nSPS) is 20.6. The fourth-order valence-corrected chi connectivity index (χ4v) is 3.17. The zero-order valence-corrected chi connectivity index (χ0v) is 12.1. The van der Waals surface area contributed by atoms with Gasteiger partial charge in [0.1, 0.15) is 5.75 Å². The first-order valence-electron chi connectivity index (χ1n) is 6.97. The lowest BCUT2D eigenvalue weighted by molar-refractivity contribution is -0.158. The maximum absolute atomic E-state index is 12.3. The van der Waals surface area contributed by atoms with Gasteiger partial charge in [0.2, 0.25) is 0 Å². The summed E-state index contributed by atoms with van der Waals surface area (Å²) in [4.78, 5) is 14.3. The first-order valence-corrected chi connectivity index (χ1v) is 7.35. The van der Waals surface area contributed by atoms with Crippen molar-refractivity contribution in [3.8, 4) is 5.75 Å². The van der Waals surface area contributed by atoms with Gasteiger partial charge in [0.15, 0.2) is 6.61 Å². The Hall–Kier alpha value is -1.26. The zero-order chi connectivity index (χ0) is 14.0. The molecule has 0 aromatic heterocycles. The van der Waals surface area contributed by atoms with E-state index in [9.17, 15) is 4.79 Å². The number of carbonyl (C=O) groups excluding carboxylic acids is 1. The van der Waals surface area contributed by atoms with E-state index in [1.54, 1.807) is 12.1 Å². The van der Waals surface area contributed by atoms with Crippen molar-refractivity contribution in [1.82, 2.24) is 4.90 Å². The highest BCUT2D eigenvalue weighted by Gasteiger charge is 2.47. The maximum atomic E-state index is 12.3. The smallest absolute Gasteiger partial charge is 0.260 e. The van der Waals surface area contributed by atoms with E-state index < -0.39 is 0 Å². The predicted octanol–water partition coefficient (Wildman–Crippen LogP) is 2.50. The average Bonchev–Trinajstić information content (AvgIpc) is 2.46. The molecule has 3 rings (SSSR count). The number of nitrogens with zero attached hydrogens (tertiary/aromatic N) is 1. The van der Waals surface area contributed by atoms with E-state index >= 15 is 0 Å². The molecule has 0 unspecified atom stereocenters. The standard InChI is InChI=1S/C15H18ClNO3/c16-12-3-1-2-4-13(12)20-11-14(18)17-8-5-15(17)6-9-19-10-7-15/h1-4H,5-11H2. The van der Waals surface area contributed by atoms with Gasteiger partial charge in [0.05, 0.1) is 5.02 Å². The number of likely N-dealkylation sites (tertiary alicyclic amines) is 1. The maximum Gasteiger partial charge on any atom is 0.260 e. The average molecular weight is 296 g/mol. The summed E-state index contributed by atoms with van der Waals surface area (Å²) < 4.78 is 10.9. The lowest BCUT2D eigenvalue weighted by Crippen LogP contribution is -2.64. The largest absolute Gasteiger partial charge is 0.482 e. The van der Waals surface area contributed by atoms with Crippen LogP contribution in [0.1, 0.15) is 19.3 Å². The molecule has 0 radical (unpaired) electrons. The number of para-hydroxylation sites is 1. The molecule has 2 fully saturated rings. The fourth-order valence-electron chi connectivity index (χ4n) is 2.98. The molecule has 2 aliphatic rings. The molecule has 1 amide bonds. The molecule has 108 valence electrons. The van der Waals surface area contributed by atoms with Gasteiger partial charge >= 0.3 is 0 Å². The van der Waals surface area contributed by atoms with Crippen LogP contribution in [0, 0.1) is 0 Å². The molecular weight excluding hydrogens is 278 g/mol. The van der Waals surface area contributed by atoms with Crippen molar-refractivity contribution in [3.63, 3.8) is 0 Å². The highest BCUT2D eigenvalue weighted by atomic mass is 35.5. The van der Waals surface area contributed by atoms with Gasteiger partial charge in [-0.05, 0) is 31.4 Å². The second-order valence-corrected chi connectivity index (χ2v) is 5.76. The van der Waals surface area contributed by atoms with Crippen molar-refractivity contribution in [2.24, 2.45) is 0 Å². The van der Waals surface area contributed by atoms with E-state index in [1.165, 1.54) is 0 Å². The molecule has 2 aliphatic heterocycles. The van der Waals surface area contributed by atoms with Gasteiger partial charge in [-0.3, -0.25) is 4.79 Å². The molecule has 0 atom stereocenters. The quantitative estimate of drug-likeness (QED) is 0.860. The van der Waals surface area contributed by atoms with Crippen molar-refractivity contribution in [3.05, 3.63) is 29.3 Å². The summed E-state index contributed by atoms with van der Waals surface area (Å²) in [6.45, 7) is 2.36. The number of ether oxygens (including phenoxy) is 2. The van der Waals surface area contributed by atoms with Crippen molar-refractivity contribution in [2.45, 2.75) is 24.8 Å². The molecule has 0 N–H and O–H groups in total. The minimum Gasteiger partial charge on any atom is -0.482 e. The van der Waals surface area contributed by atoms with Gasteiger partial charge in [-0.15, -0.1) is 0 Å². The number of hydrogen-bond donors (Lipinski definition) is 0. The minimum atomic E-state index is 0.0270. The number of rotatable bonds is 3. The molecule has 0 saturated carbocycles. The van der Waals surface area contributed by atoms with Gasteiger partial charge in [-0.25, -0.2) is 0 Å². The van der Waals surface area contributed by atoms with E-state index in [4.69, 9.17) is 21.1 Å². The predicted molar refractivity (Wildman–Crippen MR) is 76.1 cm³/mol. The number of hydrogen-bond acceptors (Lipinski definition) is 3. The number of amides is 1. The van der Waals surface area contributed by atoms with Crippen LogP contribution in [0.2, 0.25) is 5.02 Å². The van der Waals surface area contributed by atoms with Crippen LogP contribution in [0.4, 0.5) is 0 Å². The summed E-state index contributed by atoms with van der Waals surface area (Å²) >= 11 is 6.01. The lowest BCUT2D eigenvalue weighted by Gasteiger charge is -2.54. The highest BCUT2D eigenvalue weighted by molar-refractivity contribution is 6.32. The topological polar surface area (TPSA) is 38.8 Å². The number of halogens is 1. The fraction of sp³-hybridized carbons (Fsp3) is 0.533. The summed E-state index contributed by atoms with van der Waals surface area (Å²) in [5, 5.41) is 0.532. The molecule has 5 heteroatoms. The van der Waals surface area contributed by atoms with Crippen molar-refractivity contribution in [2.75, 3.05) is 26.4 Å². The Bertz CT molecular complexity index is 500. The van der Waals surface area contributed by atoms with E-state index in [1.807, 2.05) is 17.0 Å². The van der Waals surface area contributed by atoms with E-state index in [2.05, 4.69) is 0 Å². The third-order valence-electron chi connectivity index (χ3n) is 4.29. The van der Waals surface area contributed by atoms with E-state index in [0.717, 1.165) is 39.0 Å². The molecule has 0 aliphatic carbocycles. The molecule has 1 aromatic carbocycles. The van der Waals surface area contributed by atoms with Crippen LogP contribution in [-0.2, 0) is 9.53 Å². The number of carbonyl (C=O) groups is 1. The molecular formula is C15H18ClNO3. The second kappa shape index (κ2) is 5.62. The monoisotopic (exact) mass is 295 g/mol. The van der Waals surface area contributed by atoms with Gasteiger partial charge in [-0.1, -0.05) is 23.7 Å². The van der Waals surface area contributed by atoms with Gasteiger partial charge < -0.3 is 14.4 Å². The molecule has 2 heterocycles. The lowest BCUT2D eigenvalue weighted by atomic mass is 9.78. The molecule has 1 aromatic rings. The summed E-state index contributed by atoms with van der Waals surface area (Å²) in [5.74, 6) is 0.599. The molecule has 2 saturated heterocycles. The minimum absolute atomic E-state index is 0.0270. The Kier molecular flexibility index (Phi) is 3.85. The Morgan fingerprint density at radius 2 is 2.05 bits per heavy atom. The third-order valence-corrected chi connectivity index (χ3v) is 4.60.